The van der Waals surface area contributed by atoms with Crippen LogP contribution in [0.4, 0.5) is 0 Å². The number of hydrogen-bond donors (Lipinski definition) is 2. The van der Waals surface area contributed by atoms with E-state index in [4.69, 9.17) is 28.4 Å². The van der Waals surface area contributed by atoms with Gasteiger partial charge >= 0.3 is 0 Å². The normalized spacial score (nSPS) is 15.4. The summed E-state index contributed by atoms with van der Waals surface area (Å²) < 4.78 is 32.3. The summed E-state index contributed by atoms with van der Waals surface area (Å²) in [7, 11) is 0. The van der Waals surface area contributed by atoms with Gasteiger partial charge in [-0.25, -0.2) is 0 Å². The van der Waals surface area contributed by atoms with Crippen LogP contribution in [0.5, 0.6) is 0 Å². The van der Waals surface area contributed by atoms with Crippen molar-refractivity contribution in [1.82, 2.24) is 0 Å². The molecule has 1 aromatic rings. The van der Waals surface area contributed by atoms with Gasteiger partial charge in [-0.15, -0.1) is 0 Å². The average molecular weight is 459 g/mol. The minimum absolute atomic E-state index is 0.143. The van der Waals surface area contributed by atoms with Crippen LogP contribution in [0.2, 0.25) is 0 Å². The second-order valence-electron chi connectivity index (χ2n) is 7.85. The highest BCUT2D eigenvalue weighted by molar-refractivity contribution is 5.30. The first-order chi connectivity index (χ1) is 15.3. The van der Waals surface area contributed by atoms with Gasteiger partial charge in [0.1, 0.15) is 11.2 Å². The first kappa shape index (κ1) is 28.9. The van der Waals surface area contributed by atoms with Crippen LogP contribution in [0.15, 0.2) is 24.3 Å². The summed E-state index contributed by atoms with van der Waals surface area (Å²) >= 11 is 0. The lowest BCUT2D eigenvalue weighted by Crippen LogP contribution is -2.30. The molecular weight excluding hydrogens is 416 g/mol. The average Bonchev–Trinajstić information content (AvgIpc) is 2.77. The zero-order chi connectivity index (χ0) is 23.7. The molecule has 8 nitrogen and oxygen atoms in total. The Labute approximate surface area is 192 Å². The summed E-state index contributed by atoms with van der Waals surface area (Å²) in [4.78, 5) is 0. The Kier molecular flexibility index (Phi) is 14.9. The van der Waals surface area contributed by atoms with E-state index in [2.05, 4.69) is 0 Å². The lowest BCUT2D eigenvalue weighted by Gasteiger charge is -2.27. The smallest absolute Gasteiger partial charge is 0.110 e. The zero-order valence-corrected chi connectivity index (χ0v) is 20.1. The van der Waals surface area contributed by atoms with Crippen LogP contribution in [0, 0.1) is 0 Å². The first-order valence-corrected chi connectivity index (χ1v) is 11.4. The fraction of sp³-hybridized carbons (Fsp3) is 0.750. The van der Waals surface area contributed by atoms with Crippen molar-refractivity contribution in [3.05, 3.63) is 35.4 Å². The quantitative estimate of drug-likeness (QED) is 0.287. The molecule has 2 N–H and O–H groups in total. The Bertz CT molecular complexity index is 523. The van der Waals surface area contributed by atoms with E-state index in [1.165, 1.54) is 0 Å². The summed E-state index contributed by atoms with van der Waals surface area (Å²) in [5.41, 5.74) is -0.883. The standard InChI is InChI=1S/C24H42O8/c1-5-27-11-13-29-15-17-31-19-23(3,25)21-7-9-22(10-8-21)24(4,26)20-32-18-16-30-14-12-28-6-2/h7-10,25-26H,5-6,11-20H2,1-4H3. The fourth-order valence-electron chi connectivity index (χ4n) is 2.86. The Morgan fingerprint density at radius 1 is 0.531 bits per heavy atom. The van der Waals surface area contributed by atoms with E-state index < -0.39 is 11.2 Å². The third-order valence-corrected chi connectivity index (χ3v) is 4.79. The molecule has 0 radical (unpaired) electrons. The van der Waals surface area contributed by atoms with Gasteiger partial charge in [0.15, 0.2) is 0 Å². The van der Waals surface area contributed by atoms with Crippen LogP contribution in [0.1, 0.15) is 38.8 Å². The number of hydrogen-bond acceptors (Lipinski definition) is 8. The molecule has 0 aliphatic carbocycles. The monoisotopic (exact) mass is 458 g/mol. The van der Waals surface area contributed by atoms with Crippen molar-refractivity contribution in [3.8, 4) is 0 Å². The fourth-order valence-corrected chi connectivity index (χ4v) is 2.86. The topological polar surface area (TPSA) is 95.8 Å². The summed E-state index contributed by atoms with van der Waals surface area (Å²) in [6.07, 6.45) is 0. The molecular formula is C24H42O8. The second-order valence-corrected chi connectivity index (χ2v) is 7.85. The van der Waals surface area contributed by atoms with Gasteiger partial charge in [-0.1, -0.05) is 24.3 Å². The van der Waals surface area contributed by atoms with Crippen molar-refractivity contribution < 1.29 is 38.6 Å². The van der Waals surface area contributed by atoms with Gasteiger partial charge in [-0.05, 0) is 38.8 Å². The Balaban J connectivity index is 2.34. The van der Waals surface area contributed by atoms with E-state index >= 15 is 0 Å². The molecule has 1 aromatic carbocycles. The minimum Gasteiger partial charge on any atom is -0.383 e. The molecule has 0 aliphatic rings. The molecule has 0 fully saturated rings. The maximum atomic E-state index is 10.7. The van der Waals surface area contributed by atoms with Crippen molar-refractivity contribution in [2.75, 3.05) is 79.3 Å². The molecule has 1 rings (SSSR count). The second kappa shape index (κ2) is 16.5. The number of ether oxygens (including phenoxy) is 6. The zero-order valence-electron chi connectivity index (χ0n) is 20.1. The molecule has 0 heterocycles. The lowest BCUT2D eigenvalue weighted by molar-refractivity contribution is -0.0564. The van der Waals surface area contributed by atoms with Crippen molar-refractivity contribution in [2.45, 2.75) is 38.9 Å². The molecule has 32 heavy (non-hydrogen) atoms. The summed E-state index contributed by atoms with van der Waals surface area (Å²) in [6, 6.07) is 7.18. The highest BCUT2D eigenvalue weighted by atomic mass is 16.6. The van der Waals surface area contributed by atoms with E-state index in [9.17, 15) is 10.2 Å². The Hall–Kier alpha value is -1.10. The minimum atomic E-state index is -1.15. The van der Waals surface area contributed by atoms with Gasteiger partial charge in [0.2, 0.25) is 0 Å². The highest BCUT2D eigenvalue weighted by Crippen LogP contribution is 2.26. The van der Waals surface area contributed by atoms with Gasteiger partial charge in [0.25, 0.3) is 0 Å². The molecule has 0 bridgehead atoms. The molecule has 0 aromatic heterocycles. The lowest BCUT2D eigenvalue weighted by atomic mass is 9.91. The van der Waals surface area contributed by atoms with E-state index in [1.807, 2.05) is 13.8 Å². The van der Waals surface area contributed by atoms with Crippen molar-refractivity contribution >= 4 is 0 Å². The van der Waals surface area contributed by atoms with Gasteiger partial charge < -0.3 is 38.6 Å². The molecule has 0 saturated heterocycles. The largest absolute Gasteiger partial charge is 0.383 e. The SMILES string of the molecule is CCOCCOCCOCC(C)(O)c1ccc(C(C)(O)COCCOCCOCC)cc1. The molecule has 0 spiro atoms. The molecule has 186 valence electrons. The number of aliphatic hydroxyl groups is 2. The third kappa shape index (κ3) is 12.2. The van der Waals surface area contributed by atoms with Crippen LogP contribution in [0.25, 0.3) is 0 Å². The van der Waals surface area contributed by atoms with Crippen LogP contribution in [-0.2, 0) is 39.6 Å². The van der Waals surface area contributed by atoms with Crippen LogP contribution in [-0.4, -0.2) is 89.5 Å². The Morgan fingerprint density at radius 3 is 1.12 bits per heavy atom. The maximum Gasteiger partial charge on any atom is 0.110 e. The van der Waals surface area contributed by atoms with Crippen molar-refractivity contribution in [1.29, 1.82) is 0 Å². The molecule has 8 heteroatoms. The van der Waals surface area contributed by atoms with E-state index in [-0.39, 0.29) is 13.2 Å². The maximum absolute atomic E-state index is 10.7. The summed E-state index contributed by atoms with van der Waals surface area (Å²) in [5.74, 6) is 0. The molecule has 0 saturated carbocycles. The number of benzene rings is 1. The number of rotatable bonds is 20. The van der Waals surface area contributed by atoms with E-state index in [0.29, 0.717) is 77.2 Å². The van der Waals surface area contributed by atoms with E-state index in [1.54, 1.807) is 38.1 Å². The predicted octanol–water partition coefficient (Wildman–Crippen LogP) is 2.24. The van der Waals surface area contributed by atoms with Crippen LogP contribution in [0.3, 0.4) is 0 Å². The van der Waals surface area contributed by atoms with Crippen LogP contribution >= 0.6 is 0 Å². The van der Waals surface area contributed by atoms with Crippen LogP contribution < -0.4 is 0 Å². The molecule has 2 unspecified atom stereocenters. The van der Waals surface area contributed by atoms with Gasteiger partial charge in [0, 0.05) is 13.2 Å². The highest BCUT2D eigenvalue weighted by Gasteiger charge is 2.27. The molecule has 0 aliphatic heterocycles. The first-order valence-electron chi connectivity index (χ1n) is 11.4. The van der Waals surface area contributed by atoms with E-state index in [0.717, 1.165) is 0 Å². The molecule has 2 atom stereocenters. The Morgan fingerprint density at radius 2 is 0.812 bits per heavy atom. The van der Waals surface area contributed by atoms with Gasteiger partial charge in [-0.3, -0.25) is 0 Å². The van der Waals surface area contributed by atoms with Crippen molar-refractivity contribution in [3.63, 3.8) is 0 Å². The predicted molar refractivity (Wildman–Crippen MR) is 122 cm³/mol. The molecule has 0 amide bonds. The van der Waals surface area contributed by atoms with Gasteiger partial charge in [-0.2, -0.15) is 0 Å². The summed E-state index contributed by atoms with van der Waals surface area (Å²) in [5, 5.41) is 21.5. The van der Waals surface area contributed by atoms with Crippen molar-refractivity contribution in [2.24, 2.45) is 0 Å². The van der Waals surface area contributed by atoms with Gasteiger partial charge in [0.05, 0.1) is 66.1 Å². The third-order valence-electron chi connectivity index (χ3n) is 4.79. The summed E-state index contributed by atoms with van der Waals surface area (Å²) in [6.45, 7) is 12.8.